The van der Waals surface area contributed by atoms with Crippen LogP contribution in [0.2, 0.25) is 0 Å². The second-order valence-corrected chi connectivity index (χ2v) is 14.3. The predicted octanol–water partition coefficient (Wildman–Crippen LogP) is 5.10. The van der Waals surface area contributed by atoms with Crippen LogP contribution in [-0.2, 0) is 42.6 Å². The summed E-state index contributed by atoms with van der Waals surface area (Å²) < 4.78 is 18.6. The van der Waals surface area contributed by atoms with Crippen molar-refractivity contribution in [1.29, 1.82) is 0 Å². The summed E-state index contributed by atoms with van der Waals surface area (Å²) >= 11 is 0. The molecule has 50 heavy (non-hydrogen) atoms. The van der Waals surface area contributed by atoms with Gasteiger partial charge in [-0.1, -0.05) is 32.8 Å². The summed E-state index contributed by atoms with van der Waals surface area (Å²) in [6.07, 6.45) is 4.62. The molecule has 266 valence electrons. The summed E-state index contributed by atoms with van der Waals surface area (Å²) in [6.45, 7) is 10.6. The van der Waals surface area contributed by atoms with Crippen LogP contribution in [0.1, 0.15) is 77.0 Å². The Morgan fingerprint density at radius 1 is 1.08 bits per heavy atom. The highest BCUT2D eigenvalue weighted by atomic mass is 16.6. The molecule has 3 aliphatic rings. The number of unbranched alkanes of at least 4 members (excludes halogenated alkanes) is 2. The number of amides is 1. The SMILES string of the molecule is CCCCCN1C=Nc2cccc3nc4c(c1c23)Cn1c-4cc2c(c1=O)COC(=O)[C@@]2(CC)OC(=O)CN(C)CCN(C)C(=O)OC(C)(C)C. The molecule has 13 nitrogen and oxygen atoms in total. The fourth-order valence-electron chi connectivity index (χ4n) is 6.84. The Morgan fingerprint density at radius 3 is 2.58 bits per heavy atom. The third-order valence-corrected chi connectivity index (χ3v) is 9.47. The lowest BCUT2D eigenvalue weighted by Gasteiger charge is -2.36. The normalized spacial score (nSPS) is 17.4. The smallest absolute Gasteiger partial charge is 0.410 e. The molecule has 0 bridgehead atoms. The van der Waals surface area contributed by atoms with Crippen LogP contribution < -0.4 is 10.5 Å². The van der Waals surface area contributed by atoms with Gasteiger partial charge >= 0.3 is 18.0 Å². The maximum atomic E-state index is 14.2. The van der Waals surface area contributed by atoms with E-state index in [4.69, 9.17) is 24.2 Å². The van der Waals surface area contributed by atoms with Gasteiger partial charge < -0.3 is 28.6 Å². The Kier molecular flexibility index (Phi) is 9.47. The van der Waals surface area contributed by atoms with Crippen molar-refractivity contribution in [1.82, 2.24) is 19.4 Å². The molecule has 0 unspecified atom stereocenters. The number of anilines is 1. The highest BCUT2D eigenvalue weighted by Crippen LogP contribution is 2.47. The third-order valence-electron chi connectivity index (χ3n) is 9.47. The number of likely N-dealkylation sites (N-methyl/N-ethyl adjacent to an activating group) is 2. The third kappa shape index (κ3) is 6.34. The van der Waals surface area contributed by atoms with E-state index >= 15 is 0 Å². The van der Waals surface area contributed by atoms with Gasteiger partial charge in [0.25, 0.3) is 5.56 Å². The number of aromatic nitrogens is 2. The maximum absolute atomic E-state index is 14.2. The summed E-state index contributed by atoms with van der Waals surface area (Å²) in [5.74, 6) is -1.39. The number of hydrogen-bond acceptors (Lipinski definition) is 11. The van der Waals surface area contributed by atoms with Crippen molar-refractivity contribution >= 4 is 46.6 Å². The minimum Gasteiger partial charge on any atom is -0.457 e. The summed E-state index contributed by atoms with van der Waals surface area (Å²) in [5.41, 5.74) is 2.59. The van der Waals surface area contributed by atoms with Crippen LogP contribution in [0, 0.1) is 0 Å². The molecule has 1 amide bonds. The highest BCUT2D eigenvalue weighted by Gasteiger charge is 2.50. The Hall–Kier alpha value is -4.78. The topological polar surface area (TPSA) is 136 Å². The molecule has 13 heteroatoms. The molecule has 2 aromatic heterocycles. The second-order valence-electron chi connectivity index (χ2n) is 14.3. The number of carbonyl (C=O) groups excluding carboxylic acids is 3. The second kappa shape index (κ2) is 13.5. The van der Waals surface area contributed by atoms with Crippen LogP contribution in [0.25, 0.3) is 22.3 Å². The van der Waals surface area contributed by atoms with Crippen LogP contribution >= 0.6 is 0 Å². The molecule has 3 aliphatic heterocycles. The average molecular weight is 687 g/mol. The van der Waals surface area contributed by atoms with Gasteiger partial charge in [0.2, 0.25) is 5.60 Å². The predicted molar refractivity (Wildman–Crippen MR) is 190 cm³/mol. The summed E-state index contributed by atoms with van der Waals surface area (Å²) in [6, 6.07) is 7.62. The first kappa shape index (κ1) is 35.1. The molecule has 5 heterocycles. The molecule has 0 radical (unpaired) electrons. The Balaban J connectivity index is 1.31. The molecule has 0 spiro atoms. The van der Waals surface area contributed by atoms with Crippen LogP contribution in [0.3, 0.4) is 0 Å². The molecule has 3 aromatic rings. The van der Waals surface area contributed by atoms with E-state index in [1.807, 2.05) is 24.5 Å². The van der Waals surface area contributed by atoms with E-state index < -0.39 is 29.2 Å². The minimum absolute atomic E-state index is 0.0624. The Labute approximate surface area is 291 Å². The zero-order valence-corrected chi connectivity index (χ0v) is 30.0. The lowest BCUT2D eigenvalue weighted by Crippen LogP contribution is -2.48. The van der Waals surface area contributed by atoms with E-state index in [9.17, 15) is 19.2 Å². The van der Waals surface area contributed by atoms with E-state index in [1.54, 1.807) is 57.3 Å². The maximum Gasteiger partial charge on any atom is 0.410 e. The van der Waals surface area contributed by atoms with Crippen molar-refractivity contribution < 1.29 is 28.6 Å². The quantitative estimate of drug-likeness (QED) is 0.119. The van der Waals surface area contributed by atoms with Crippen LogP contribution in [0.5, 0.6) is 0 Å². The number of hydrogen-bond donors (Lipinski definition) is 0. The average Bonchev–Trinajstić information content (AvgIpc) is 3.44. The van der Waals surface area contributed by atoms with E-state index in [0.29, 0.717) is 36.6 Å². The largest absolute Gasteiger partial charge is 0.457 e. The molecule has 0 aliphatic carbocycles. The van der Waals surface area contributed by atoms with Crippen molar-refractivity contribution in [3.05, 3.63) is 51.3 Å². The molecule has 6 rings (SSSR count). The van der Waals surface area contributed by atoms with Crippen LogP contribution in [0.4, 0.5) is 16.2 Å². The number of aliphatic imine (C=N–C) groups is 1. The van der Waals surface area contributed by atoms with Gasteiger partial charge in [-0.25, -0.2) is 19.6 Å². The molecular formula is C37H46N6O7. The van der Waals surface area contributed by atoms with E-state index in [2.05, 4.69) is 11.8 Å². The molecule has 0 saturated heterocycles. The number of fused-ring (bicyclic) bond motifs is 5. The van der Waals surface area contributed by atoms with Gasteiger partial charge in [-0.2, -0.15) is 0 Å². The van der Waals surface area contributed by atoms with Crippen LogP contribution in [-0.4, -0.2) is 89.6 Å². The van der Waals surface area contributed by atoms with E-state index in [-0.39, 0.29) is 30.7 Å². The van der Waals surface area contributed by atoms with Gasteiger partial charge in [0.1, 0.15) is 12.2 Å². The monoisotopic (exact) mass is 686 g/mol. The van der Waals surface area contributed by atoms with Crippen molar-refractivity contribution in [3.63, 3.8) is 0 Å². The van der Waals surface area contributed by atoms with Crippen LogP contribution in [0.15, 0.2) is 34.1 Å². The first-order valence-corrected chi connectivity index (χ1v) is 17.3. The summed E-state index contributed by atoms with van der Waals surface area (Å²) in [5, 5.41) is 0.952. The first-order valence-electron chi connectivity index (χ1n) is 17.3. The van der Waals surface area contributed by atoms with E-state index in [1.165, 1.54) is 4.90 Å². The molecule has 0 fully saturated rings. The Morgan fingerprint density at radius 2 is 1.86 bits per heavy atom. The molecule has 1 aromatic carbocycles. The zero-order valence-electron chi connectivity index (χ0n) is 30.0. The summed E-state index contributed by atoms with van der Waals surface area (Å²) in [4.78, 5) is 68.7. The van der Waals surface area contributed by atoms with Crippen molar-refractivity contribution in [3.8, 4) is 11.4 Å². The van der Waals surface area contributed by atoms with Crippen molar-refractivity contribution in [2.75, 3.05) is 45.2 Å². The number of cyclic esters (lactones) is 1. The number of rotatable bonds is 11. The van der Waals surface area contributed by atoms with Gasteiger partial charge in [0, 0.05) is 37.8 Å². The van der Waals surface area contributed by atoms with Gasteiger partial charge in [-0.15, -0.1) is 0 Å². The number of pyridine rings is 2. The minimum atomic E-state index is -1.81. The number of benzene rings is 1. The summed E-state index contributed by atoms with van der Waals surface area (Å²) in [7, 11) is 3.34. The molecule has 0 saturated carbocycles. The van der Waals surface area contributed by atoms with Crippen molar-refractivity contribution in [2.45, 2.75) is 84.7 Å². The van der Waals surface area contributed by atoms with Gasteiger partial charge in [0.05, 0.1) is 58.7 Å². The zero-order chi connectivity index (χ0) is 36.0. The molecular weight excluding hydrogens is 640 g/mol. The van der Waals surface area contributed by atoms with E-state index in [0.717, 1.165) is 53.6 Å². The lowest BCUT2D eigenvalue weighted by atomic mass is 9.85. The van der Waals surface area contributed by atoms with Gasteiger partial charge in [-0.05, 0) is 58.9 Å². The highest BCUT2D eigenvalue weighted by molar-refractivity contribution is 6.11. The number of esters is 2. The van der Waals surface area contributed by atoms with Gasteiger partial charge in [0.15, 0.2) is 0 Å². The fourth-order valence-corrected chi connectivity index (χ4v) is 6.84. The fraction of sp³-hybridized carbons (Fsp3) is 0.514. The molecule has 0 N–H and O–H groups in total. The van der Waals surface area contributed by atoms with Crippen molar-refractivity contribution in [2.24, 2.45) is 4.99 Å². The molecule has 1 atom stereocenters. The number of nitrogens with zero attached hydrogens (tertiary/aromatic N) is 6. The van der Waals surface area contributed by atoms with Gasteiger partial charge in [-0.3, -0.25) is 14.5 Å². The lowest BCUT2D eigenvalue weighted by molar-refractivity contribution is -0.190. The number of carbonyl (C=O) groups is 3. The first-order chi connectivity index (χ1) is 23.8. The Bertz CT molecular complexity index is 1950. The number of ether oxygens (including phenoxy) is 3. The standard InChI is InChI=1S/C37H46N6O7/c1-8-10-11-15-42-22-38-26-13-12-14-27-30(26)32(42)23-19-43-28(31(23)39-27)18-25-24(33(43)45)21-48-34(46)37(25,9-2)49-29(44)20-40(6)16-17-41(7)35(47)50-36(3,4)5/h12-14,18,22H,8-11,15-17,19-21H2,1-7H3/t37-/m0/s1.